The summed E-state index contributed by atoms with van der Waals surface area (Å²) in [6.45, 7) is 2.37. The Labute approximate surface area is 144 Å². The lowest BCUT2D eigenvalue weighted by Gasteiger charge is -2.36. The number of carbonyl (C=O) groups excluding carboxylic acids is 1. The summed E-state index contributed by atoms with van der Waals surface area (Å²) in [6.07, 6.45) is 0. The molecule has 0 atom stereocenters. The highest BCUT2D eigenvalue weighted by atomic mass is 19.1. The molecule has 0 unspecified atom stereocenters. The Balaban J connectivity index is 1.49. The molecule has 0 bridgehead atoms. The lowest BCUT2D eigenvalue weighted by atomic mass is 10.2. The molecule has 25 heavy (non-hydrogen) atoms. The molecule has 0 aliphatic carbocycles. The lowest BCUT2D eigenvalue weighted by Crippen LogP contribution is -2.48. The van der Waals surface area contributed by atoms with E-state index in [1.54, 1.807) is 35.2 Å². The highest BCUT2D eigenvalue weighted by molar-refractivity contribution is 5.98. The highest BCUT2D eigenvalue weighted by Crippen LogP contribution is 2.27. The number of piperazine rings is 1. The number of fused-ring (bicyclic) bond motifs is 1. The van der Waals surface area contributed by atoms with Gasteiger partial charge in [0.15, 0.2) is 0 Å². The van der Waals surface area contributed by atoms with Crippen LogP contribution < -0.4 is 4.90 Å². The van der Waals surface area contributed by atoms with Gasteiger partial charge in [-0.2, -0.15) is 0 Å². The zero-order valence-electron chi connectivity index (χ0n) is 13.6. The van der Waals surface area contributed by atoms with Crippen LogP contribution in [0.4, 0.5) is 10.1 Å². The minimum absolute atomic E-state index is 0.132. The second kappa shape index (κ2) is 6.12. The maximum atomic E-state index is 13.8. The van der Waals surface area contributed by atoms with Crippen LogP contribution in [0.25, 0.3) is 10.9 Å². The first kappa shape index (κ1) is 15.5. The third-order valence-corrected chi connectivity index (χ3v) is 4.63. The summed E-state index contributed by atoms with van der Waals surface area (Å²) in [4.78, 5) is 19.5. The van der Waals surface area contributed by atoms with Gasteiger partial charge in [0, 0.05) is 37.1 Å². The van der Waals surface area contributed by atoms with Crippen molar-refractivity contribution < 1.29 is 14.3 Å². The molecule has 3 aromatic rings. The van der Waals surface area contributed by atoms with Crippen molar-refractivity contribution >= 4 is 22.5 Å². The van der Waals surface area contributed by atoms with Crippen LogP contribution >= 0.6 is 0 Å². The van der Waals surface area contributed by atoms with Crippen LogP contribution in [0.15, 0.2) is 48.5 Å². The summed E-state index contributed by atoms with van der Waals surface area (Å²) in [5, 5.41) is 10.4. The fourth-order valence-corrected chi connectivity index (χ4v) is 3.29. The number of amides is 1. The summed E-state index contributed by atoms with van der Waals surface area (Å²) in [5.41, 5.74) is 1.80. The van der Waals surface area contributed by atoms with Gasteiger partial charge in [-0.1, -0.05) is 18.2 Å². The molecule has 1 amide bonds. The molecule has 1 aliphatic rings. The van der Waals surface area contributed by atoms with Crippen molar-refractivity contribution in [1.29, 1.82) is 0 Å². The topological polar surface area (TPSA) is 59.6 Å². The number of hydrogen-bond acceptors (Lipinski definition) is 3. The van der Waals surface area contributed by atoms with Crippen LogP contribution in [-0.2, 0) is 0 Å². The number of rotatable bonds is 2. The Kier molecular flexibility index (Phi) is 3.80. The maximum absolute atomic E-state index is 13.8. The second-order valence-corrected chi connectivity index (χ2v) is 6.15. The minimum atomic E-state index is -0.336. The van der Waals surface area contributed by atoms with Gasteiger partial charge in [-0.3, -0.25) is 4.79 Å². The third-order valence-electron chi connectivity index (χ3n) is 4.63. The first-order valence-corrected chi connectivity index (χ1v) is 8.23. The molecule has 2 aromatic carbocycles. The summed E-state index contributed by atoms with van der Waals surface area (Å²) < 4.78 is 13.8. The van der Waals surface area contributed by atoms with Crippen LogP contribution in [0.2, 0.25) is 0 Å². The van der Waals surface area contributed by atoms with E-state index < -0.39 is 0 Å². The van der Waals surface area contributed by atoms with Gasteiger partial charge in [0.25, 0.3) is 5.91 Å². The summed E-state index contributed by atoms with van der Waals surface area (Å²) in [7, 11) is 0. The van der Waals surface area contributed by atoms with E-state index in [9.17, 15) is 14.3 Å². The summed E-state index contributed by atoms with van der Waals surface area (Å²) >= 11 is 0. The van der Waals surface area contributed by atoms with Gasteiger partial charge < -0.3 is 19.9 Å². The number of nitrogens with zero attached hydrogens (tertiary/aromatic N) is 2. The van der Waals surface area contributed by atoms with Crippen molar-refractivity contribution in [2.45, 2.75) is 0 Å². The fourth-order valence-electron chi connectivity index (χ4n) is 3.29. The van der Waals surface area contributed by atoms with Crippen LogP contribution in [0, 0.1) is 5.82 Å². The van der Waals surface area contributed by atoms with Crippen molar-refractivity contribution in [2.24, 2.45) is 0 Å². The quantitative estimate of drug-likeness (QED) is 0.755. The van der Waals surface area contributed by atoms with Gasteiger partial charge >= 0.3 is 0 Å². The van der Waals surface area contributed by atoms with E-state index in [-0.39, 0.29) is 17.5 Å². The van der Waals surface area contributed by atoms with Crippen molar-refractivity contribution in [2.75, 3.05) is 31.1 Å². The number of H-pyrrole nitrogens is 1. The number of anilines is 1. The van der Waals surface area contributed by atoms with E-state index in [1.165, 1.54) is 6.07 Å². The van der Waals surface area contributed by atoms with E-state index in [1.807, 2.05) is 12.1 Å². The number of nitrogens with one attached hydrogen (secondary N) is 1. The van der Waals surface area contributed by atoms with Crippen LogP contribution in [-0.4, -0.2) is 47.1 Å². The Morgan fingerprint density at radius 3 is 2.52 bits per heavy atom. The van der Waals surface area contributed by atoms with Crippen molar-refractivity contribution in [3.8, 4) is 5.75 Å². The summed E-state index contributed by atoms with van der Waals surface area (Å²) in [5.74, 6) is -0.224. The van der Waals surface area contributed by atoms with Crippen molar-refractivity contribution in [3.05, 3.63) is 60.0 Å². The largest absolute Gasteiger partial charge is 0.506 e. The predicted octanol–water partition coefficient (Wildman–Crippen LogP) is 2.98. The number of hydrogen-bond donors (Lipinski definition) is 2. The van der Waals surface area contributed by atoms with E-state index in [0.29, 0.717) is 42.8 Å². The SMILES string of the molecule is O=C(c1cc2c(F)cccc2[nH]1)N1CCN(c2ccccc2O)CC1. The molecule has 1 aromatic heterocycles. The first-order chi connectivity index (χ1) is 12.1. The summed E-state index contributed by atoms with van der Waals surface area (Å²) in [6, 6.07) is 13.5. The average molecular weight is 339 g/mol. The Morgan fingerprint density at radius 1 is 1.04 bits per heavy atom. The smallest absolute Gasteiger partial charge is 0.270 e. The number of aromatic hydroxyl groups is 1. The molecule has 1 saturated heterocycles. The molecule has 1 fully saturated rings. The van der Waals surface area contributed by atoms with Gasteiger partial charge in [-0.05, 0) is 30.3 Å². The molecule has 2 N–H and O–H groups in total. The first-order valence-electron chi connectivity index (χ1n) is 8.23. The van der Waals surface area contributed by atoms with Gasteiger partial charge in [-0.25, -0.2) is 4.39 Å². The normalized spacial score (nSPS) is 14.9. The number of aromatic nitrogens is 1. The number of aromatic amines is 1. The van der Waals surface area contributed by atoms with Gasteiger partial charge in [0.1, 0.15) is 17.3 Å². The molecule has 0 saturated carbocycles. The monoisotopic (exact) mass is 339 g/mol. The zero-order chi connectivity index (χ0) is 17.4. The molecular weight excluding hydrogens is 321 g/mol. The molecule has 128 valence electrons. The van der Waals surface area contributed by atoms with Gasteiger partial charge in [-0.15, -0.1) is 0 Å². The molecule has 0 spiro atoms. The molecule has 0 radical (unpaired) electrons. The number of phenols is 1. The predicted molar refractivity (Wildman–Crippen MR) is 94.5 cm³/mol. The van der Waals surface area contributed by atoms with Crippen LogP contribution in [0.1, 0.15) is 10.5 Å². The van der Waals surface area contributed by atoms with Crippen molar-refractivity contribution in [1.82, 2.24) is 9.88 Å². The Bertz CT molecular complexity index is 929. The molecular formula is C19H18FN3O2. The molecule has 5 nitrogen and oxygen atoms in total. The van der Waals surface area contributed by atoms with Gasteiger partial charge in [0.2, 0.25) is 0 Å². The number of halogens is 1. The maximum Gasteiger partial charge on any atom is 0.270 e. The molecule has 6 heteroatoms. The fraction of sp³-hybridized carbons (Fsp3) is 0.211. The standard InChI is InChI=1S/C19H18FN3O2/c20-14-4-3-5-15-13(14)12-16(21-15)19(25)23-10-8-22(9-11-23)17-6-1-2-7-18(17)24/h1-7,12,21,24H,8-11H2. The van der Waals surface area contributed by atoms with E-state index in [2.05, 4.69) is 9.88 Å². The third kappa shape index (κ3) is 2.80. The van der Waals surface area contributed by atoms with Crippen molar-refractivity contribution in [3.63, 3.8) is 0 Å². The Hall–Kier alpha value is -3.02. The lowest BCUT2D eigenvalue weighted by molar-refractivity contribution is 0.0742. The van der Waals surface area contributed by atoms with Crippen LogP contribution in [0.3, 0.4) is 0 Å². The number of benzene rings is 2. The highest BCUT2D eigenvalue weighted by Gasteiger charge is 2.24. The second-order valence-electron chi connectivity index (χ2n) is 6.15. The van der Waals surface area contributed by atoms with Crippen LogP contribution in [0.5, 0.6) is 5.75 Å². The number of para-hydroxylation sites is 2. The number of carbonyl (C=O) groups is 1. The van der Waals surface area contributed by atoms with E-state index >= 15 is 0 Å². The molecule has 1 aliphatic heterocycles. The number of phenolic OH excluding ortho intramolecular Hbond substituents is 1. The average Bonchev–Trinajstić information content (AvgIpc) is 3.07. The van der Waals surface area contributed by atoms with Gasteiger partial charge in [0.05, 0.1) is 5.69 Å². The molecule has 2 heterocycles. The van der Waals surface area contributed by atoms with E-state index in [0.717, 1.165) is 5.69 Å². The van der Waals surface area contributed by atoms with E-state index in [4.69, 9.17) is 0 Å². The molecule has 4 rings (SSSR count). The zero-order valence-corrected chi connectivity index (χ0v) is 13.6. The Morgan fingerprint density at radius 2 is 1.80 bits per heavy atom. The minimum Gasteiger partial charge on any atom is -0.506 e.